The lowest BCUT2D eigenvalue weighted by atomic mass is 9.85. The van der Waals surface area contributed by atoms with Crippen molar-refractivity contribution in [1.82, 2.24) is 5.32 Å². The van der Waals surface area contributed by atoms with Gasteiger partial charge in [0.1, 0.15) is 5.82 Å². The average Bonchev–Trinajstić information content (AvgIpc) is 2.38. The summed E-state index contributed by atoms with van der Waals surface area (Å²) in [5, 5.41) is 13.8. The highest BCUT2D eigenvalue weighted by Crippen LogP contribution is 2.30. The normalized spacial score (nSPS) is 20.6. The maximum absolute atomic E-state index is 12.9. The van der Waals surface area contributed by atoms with Crippen LogP contribution < -0.4 is 5.32 Å². The molecule has 1 aliphatic heterocycles. The van der Waals surface area contributed by atoms with Gasteiger partial charge in [-0.1, -0.05) is 12.1 Å². The van der Waals surface area contributed by atoms with E-state index in [2.05, 4.69) is 5.32 Å². The van der Waals surface area contributed by atoms with E-state index < -0.39 is 5.60 Å². The van der Waals surface area contributed by atoms with Crippen molar-refractivity contribution in [1.29, 1.82) is 0 Å². The van der Waals surface area contributed by atoms with Crippen molar-refractivity contribution in [2.45, 2.75) is 38.2 Å². The Kier molecular flexibility index (Phi) is 4.36. The summed E-state index contributed by atoms with van der Waals surface area (Å²) >= 11 is 0. The molecule has 1 atom stereocenters. The summed E-state index contributed by atoms with van der Waals surface area (Å²) in [6.07, 6.45) is 4.16. The van der Waals surface area contributed by atoms with Crippen LogP contribution in [0.4, 0.5) is 4.39 Å². The van der Waals surface area contributed by atoms with Crippen molar-refractivity contribution >= 4 is 0 Å². The molecule has 1 heterocycles. The second-order valence-corrected chi connectivity index (χ2v) is 5.51. The van der Waals surface area contributed by atoms with Crippen molar-refractivity contribution in [3.05, 3.63) is 35.6 Å². The zero-order valence-electron chi connectivity index (χ0n) is 11.0. The Morgan fingerprint density at radius 1 is 1.28 bits per heavy atom. The fourth-order valence-corrected chi connectivity index (χ4v) is 2.61. The average molecular weight is 251 g/mol. The lowest BCUT2D eigenvalue weighted by Gasteiger charge is -2.28. The summed E-state index contributed by atoms with van der Waals surface area (Å²) in [6.45, 7) is 3.99. The Morgan fingerprint density at radius 3 is 2.50 bits per heavy atom. The van der Waals surface area contributed by atoms with Crippen molar-refractivity contribution < 1.29 is 9.50 Å². The molecule has 2 nitrogen and oxygen atoms in total. The van der Waals surface area contributed by atoms with Gasteiger partial charge in [0.25, 0.3) is 0 Å². The molecular formula is C15H22FNO. The van der Waals surface area contributed by atoms with E-state index in [1.807, 2.05) is 6.92 Å². The molecule has 100 valence electrons. The molecule has 1 unspecified atom stereocenters. The molecule has 2 N–H and O–H groups in total. The number of nitrogens with one attached hydrogen (secondary N) is 1. The minimum absolute atomic E-state index is 0.257. The van der Waals surface area contributed by atoms with Gasteiger partial charge in [0, 0.05) is 0 Å². The van der Waals surface area contributed by atoms with E-state index in [-0.39, 0.29) is 5.82 Å². The lowest BCUT2D eigenvalue weighted by Crippen LogP contribution is -2.29. The Hall–Kier alpha value is -0.930. The number of aliphatic hydroxyl groups is 1. The molecule has 0 radical (unpaired) electrons. The summed E-state index contributed by atoms with van der Waals surface area (Å²) in [4.78, 5) is 0. The molecule has 1 aromatic carbocycles. The fourth-order valence-electron chi connectivity index (χ4n) is 2.61. The highest BCUT2D eigenvalue weighted by molar-refractivity contribution is 5.22. The van der Waals surface area contributed by atoms with E-state index in [9.17, 15) is 9.50 Å². The number of benzene rings is 1. The van der Waals surface area contributed by atoms with Crippen LogP contribution in [-0.4, -0.2) is 18.2 Å². The van der Waals surface area contributed by atoms with Crippen molar-refractivity contribution in [3.63, 3.8) is 0 Å². The Labute approximate surface area is 108 Å². The van der Waals surface area contributed by atoms with Crippen LogP contribution in [0, 0.1) is 11.7 Å². The Morgan fingerprint density at radius 2 is 1.89 bits per heavy atom. The number of hydrogen-bond acceptors (Lipinski definition) is 2. The second kappa shape index (κ2) is 5.81. The van der Waals surface area contributed by atoms with Gasteiger partial charge in [0.2, 0.25) is 0 Å². The maximum Gasteiger partial charge on any atom is 0.123 e. The first-order valence-electron chi connectivity index (χ1n) is 6.77. The highest BCUT2D eigenvalue weighted by atomic mass is 19.1. The van der Waals surface area contributed by atoms with Crippen LogP contribution in [0.2, 0.25) is 0 Å². The first-order chi connectivity index (χ1) is 8.58. The van der Waals surface area contributed by atoms with Crippen LogP contribution in [0.5, 0.6) is 0 Å². The molecule has 0 bridgehead atoms. The third-order valence-corrected chi connectivity index (χ3v) is 3.96. The standard InChI is InChI=1S/C15H22FNO/c1-15(18,13-2-4-14(16)5-3-13)9-6-12-7-10-17-11-8-12/h2-5,12,17-18H,6-11H2,1H3. The minimum atomic E-state index is -0.849. The molecule has 18 heavy (non-hydrogen) atoms. The fraction of sp³-hybridized carbons (Fsp3) is 0.600. The molecule has 0 amide bonds. The van der Waals surface area contributed by atoms with Gasteiger partial charge >= 0.3 is 0 Å². The summed E-state index contributed by atoms with van der Waals surface area (Å²) in [7, 11) is 0. The van der Waals surface area contributed by atoms with Gasteiger partial charge < -0.3 is 10.4 Å². The quantitative estimate of drug-likeness (QED) is 0.862. The third-order valence-electron chi connectivity index (χ3n) is 3.96. The van der Waals surface area contributed by atoms with Crippen molar-refractivity contribution in [2.24, 2.45) is 5.92 Å². The molecular weight excluding hydrogens is 229 g/mol. The van der Waals surface area contributed by atoms with E-state index in [0.717, 1.165) is 31.5 Å². The zero-order valence-corrected chi connectivity index (χ0v) is 11.0. The summed E-state index contributed by atoms with van der Waals surface area (Å²) in [6, 6.07) is 6.18. The number of halogens is 1. The zero-order chi connectivity index (χ0) is 13.0. The van der Waals surface area contributed by atoms with Crippen LogP contribution in [0.1, 0.15) is 38.2 Å². The predicted molar refractivity (Wildman–Crippen MR) is 70.8 cm³/mol. The topological polar surface area (TPSA) is 32.3 Å². The van der Waals surface area contributed by atoms with Gasteiger partial charge in [-0.25, -0.2) is 4.39 Å². The lowest BCUT2D eigenvalue weighted by molar-refractivity contribution is 0.0390. The Balaban J connectivity index is 1.91. The Bertz CT molecular complexity index is 369. The van der Waals surface area contributed by atoms with Crippen LogP contribution in [0.3, 0.4) is 0 Å². The van der Waals surface area contributed by atoms with Gasteiger partial charge in [-0.2, -0.15) is 0 Å². The largest absolute Gasteiger partial charge is 0.385 e. The molecule has 2 rings (SSSR count). The molecule has 1 fully saturated rings. The van der Waals surface area contributed by atoms with E-state index in [1.54, 1.807) is 12.1 Å². The first kappa shape index (κ1) is 13.5. The highest BCUT2D eigenvalue weighted by Gasteiger charge is 2.25. The summed E-state index contributed by atoms with van der Waals surface area (Å²) < 4.78 is 12.9. The maximum atomic E-state index is 12.9. The van der Waals surface area contributed by atoms with E-state index >= 15 is 0 Å². The van der Waals surface area contributed by atoms with Gasteiger partial charge in [0.05, 0.1) is 5.60 Å². The van der Waals surface area contributed by atoms with Gasteiger partial charge in [0.15, 0.2) is 0 Å². The van der Waals surface area contributed by atoms with Crippen molar-refractivity contribution in [3.8, 4) is 0 Å². The molecule has 0 aliphatic carbocycles. The van der Waals surface area contributed by atoms with Crippen LogP contribution in [0.15, 0.2) is 24.3 Å². The van der Waals surface area contributed by atoms with Gasteiger partial charge in [-0.3, -0.25) is 0 Å². The van der Waals surface area contributed by atoms with Gasteiger partial charge in [-0.15, -0.1) is 0 Å². The van der Waals surface area contributed by atoms with E-state index in [1.165, 1.54) is 25.0 Å². The molecule has 1 aliphatic rings. The summed E-state index contributed by atoms with van der Waals surface area (Å²) in [5.41, 5.74) is -0.0451. The predicted octanol–water partition coefficient (Wildman–Crippen LogP) is 2.81. The molecule has 1 aromatic rings. The van der Waals surface area contributed by atoms with Crippen molar-refractivity contribution in [2.75, 3.05) is 13.1 Å². The van der Waals surface area contributed by atoms with Crippen LogP contribution >= 0.6 is 0 Å². The molecule has 0 spiro atoms. The second-order valence-electron chi connectivity index (χ2n) is 5.51. The molecule has 3 heteroatoms. The molecule has 1 saturated heterocycles. The SMILES string of the molecule is CC(O)(CCC1CCNCC1)c1ccc(F)cc1. The van der Waals surface area contributed by atoms with E-state index in [4.69, 9.17) is 0 Å². The van der Waals surface area contributed by atoms with Crippen LogP contribution in [0.25, 0.3) is 0 Å². The van der Waals surface area contributed by atoms with E-state index in [0.29, 0.717) is 5.92 Å². The number of piperidine rings is 1. The summed E-state index contributed by atoms with van der Waals surface area (Å²) in [5.74, 6) is 0.450. The molecule has 0 saturated carbocycles. The monoisotopic (exact) mass is 251 g/mol. The first-order valence-corrected chi connectivity index (χ1v) is 6.77. The third kappa shape index (κ3) is 3.53. The number of rotatable bonds is 4. The number of hydrogen-bond donors (Lipinski definition) is 2. The smallest absolute Gasteiger partial charge is 0.123 e. The van der Waals surface area contributed by atoms with Crippen LogP contribution in [-0.2, 0) is 5.60 Å². The van der Waals surface area contributed by atoms with Gasteiger partial charge in [-0.05, 0) is 69.3 Å². The molecule has 0 aromatic heterocycles. The minimum Gasteiger partial charge on any atom is -0.385 e.